The highest BCUT2D eigenvalue weighted by molar-refractivity contribution is 4.83. The molecule has 1 aliphatic heterocycles. The molecular formula is C14H28N2. The van der Waals surface area contributed by atoms with Gasteiger partial charge in [0.1, 0.15) is 0 Å². The maximum absolute atomic E-state index is 3.80. The highest BCUT2D eigenvalue weighted by atomic mass is 15.0. The number of piperidine rings is 1. The van der Waals surface area contributed by atoms with Gasteiger partial charge in [-0.15, -0.1) is 0 Å². The predicted molar refractivity (Wildman–Crippen MR) is 69.6 cm³/mol. The lowest BCUT2D eigenvalue weighted by molar-refractivity contribution is 0.219. The Kier molecular flexibility index (Phi) is 4.66. The first-order valence-electron chi connectivity index (χ1n) is 7.22. The van der Waals surface area contributed by atoms with Gasteiger partial charge >= 0.3 is 0 Å². The van der Waals surface area contributed by atoms with E-state index in [9.17, 15) is 0 Å². The van der Waals surface area contributed by atoms with E-state index < -0.39 is 0 Å². The molecule has 0 radical (unpaired) electrons. The molecule has 0 amide bonds. The summed E-state index contributed by atoms with van der Waals surface area (Å²) in [7, 11) is 0. The summed E-state index contributed by atoms with van der Waals surface area (Å²) in [5, 5.41) is 7.42. The molecule has 1 saturated carbocycles. The molecule has 0 aromatic rings. The first kappa shape index (κ1) is 12.4. The minimum absolute atomic E-state index is 0.736. The lowest BCUT2D eigenvalue weighted by Gasteiger charge is -2.35. The topological polar surface area (TPSA) is 24.1 Å². The molecule has 0 spiro atoms. The molecule has 0 bridgehead atoms. The lowest BCUT2D eigenvalue weighted by atomic mass is 9.80. The molecule has 1 saturated heterocycles. The summed E-state index contributed by atoms with van der Waals surface area (Å²) >= 11 is 0. The third-order valence-electron chi connectivity index (χ3n) is 4.47. The van der Waals surface area contributed by atoms with Crippen LogP contribution in [0.2, 0.25) is 0 Å². The van der Waals surface area contributed by atoms with Crippen LogP contribution in [-0.2, 0) is 0 Å². The molecule has 16 heavy (non-hydrogen) atoms. The molecule has 0 aromatic carbocycles. The van der Waals surface area contributed by atoms with Crippen LogP contribution in [0, 0.1) is 11.8 Å². The van der Waals surface area contributed by atoms with Crippen LogP contribution in [0.15, 0.2) is 0 Å². The minimum atomic E-state index is 0.736. The van der Waals surface area contributed by atoms with E-state index in [2.05, 4.69) is 24.5 Å². The van der Waals surface area contributed by atoms with Crippen LogP contribution in [0.5, 0.6) is 0 Å². The molecule has 1 aliphatic carbocycles. The average molecular weight is 224 g/mol. The Morgan fingerprint density at radius 2 is 2.00 bits per heavy atom. The molecule has 2 fully saturated rings. The third kappa shape index (κ3) is 3.46. The number of nitrogens with one attached hydrogen (secondary N) is 2. The van der Waals surface area contributed by atoms with E-state index in [0.29, 0.717) is 0 Å². The van der Waals surface area contributed by atoms with Crippen molar-refractivity contribution in [1.82, 2.24) is 10.6 Å². The molecular weight excluding hydrogens is 196 g/mol. The zero-order valence-electron chi connectivity index (χ0n) is 11.0. The number of hydrogen-bond acceptors (Lipinski definition) is 2. The summed E-state index contributed by atoms with van der Waals surface area (Å²) in [4.78, 5) is 0. The van der Waals surface area contributed by atoms with Crippen molar-refractivity contribution < 1.29 is 0 Å². The second-order valence-electron chi connectivity index (χ2n) is 6.06. The van der Waals surface area contributed by atoms with Crippen molar-refractivity contribution in [3.63, 3.8) is 0 Å². The summed E-state index contributed by atoms with van der Waals surface area (Å²) in [6.45, 7) is 7.23. The van der Waals surface area contributed by atoms with Crippen molar-refractivity contribution in [3.8, 4) is 0 Å². The molecule has 2 nitrogen and oxygen atoms in total. The molecule has 4 unspecified atom stereocenters. The molecule has 1 heterocycles. The molecule has 0 aromatic heterocycles. The van der Waals surface area contributed by atoms with Gasteiger partial charge in [-0.05, 0) is 50.5 Å². The molecule has 2 rings (SSSR count). The zero-order valence-corrected chi connectivity index (χ0v) is 11.0. The summed E-state index contributed by atoms with van der Waals surface area (Å²) in [5.41, 5.74) is 0. The fourth-order valence-corrected chi connectivity index (χ4v) is 3.36. The van der Waals surface area contributed by atoms with Crippen LogP contribution in [0.1, 0.15) is 52.4 Å². The number of hydrogen-bond donors (Lipinski definition) is 2. The van der Waals surface area contributed by atoms with Gasteiger partial charge in [0.15, 0.2) is 0 Å². The van der Waals surface area contributed by atoms with Gasteiger partial charge in [0.2, 0.25) is 0 Å². The predicted octanol–water partition coefficient (Wildman–Crippen LogP) is 2.54. The van der Waals surface area contributed by atoms with Gasteiger partial charge in [-0.1, -0.05) is 20.3 Å². The van der Waals surface area contributed by atoms with Crippen LogP contribution < -0.4 is 10.6 Å². The third-order valence-corrected chi connectivity index (χ3v) is 4.47. The maximum atomic E-state index is 3.80. The Hall–Kier alpha value is -0.0800. The van der Waals surface area contributed by atoms with E-state index in [1.807, 2.05) is 0 Å². The largest absolute Gasteiger partial charge is 0.313 e. The molecule has 2 N–H and O–H groups in total. The summed E-state index contributed by atoms with van der Waals surface area (Å²) in [5.74, 6) is 1.81. The van der Waals surface area contributed by atoms with Gasteiger partial charge in [0.05, 0.1) is 0 Å². The van der Waals surface area contributed by atoms with Crippen molar-refractivity contribution in [2.45, 2.75) is 64.5 Å². The van der Waals surface area contributed by atoms with Crippen molar-refractivity contribution >= 4 is 0 Å². The highest BCUT2D eigenvalue weighted by Crippen LogP contribution is 2.28. The van der Waals surface area contributed by atoms with E-state index in [4.69, 9.17) is 0 Å². The molecule has 2 heteroatoms. The van der Waals surface area contributed by atoms with Crippen molar-refractivity contribution in [1.29, 1.82) is 0 Å². The van der Waals surface area contributed by atoms with Crippen LogP contribution in [-0.4, -0.2) is 25.2 Å². The van der Waals surface area contributed by atoms with E-state index >= 15 is 0 Å². The van der Waals surface area contributed by atoms with Crippen molar-refractivity contribution in [3.05, 3.63) is 0 Å². The molecule has 94 valence electrons. The average Bonchev–Trinajstić information content (AvgIpc) is 2.29. The zero-order chi connectivity index (χ0) is 11.4. The Morgan fingerprint density at radius 3 is 2.69 bits per heavy atom. The monoisotopic (exact) mass is 224 g/mol. The highest BCUT2D eigenvalue weighted by Gasteiger charge is 2.25. The Bertz CT molecular complexity index is 199. The first-order valence-corrected chi connectivity index (χ1v) is 7.22. The second kappa shape index (κ2) is 6.02. The van der Waals surface area contributed by atoms with Gasteiger partial charge in [-0.25, -0.2) is 0 Å². The van der Waals surface area contributed by atoms with E-state index in [-0.39, 0.29) is 0 Å². The number of rotatable bonds is 3. The van der Waals surface area contributed by atoms with E-state index in [0.717, 1.165) is 23.9 Å². The second-order valence-corrected chi connectivity index (χ2v) is 6.06. The van der Waals surface area contributed by atoms with Crippen LogP contribution in [0.4, 0.5) is 0 Å². The summed E-state index contributed by atoms with van der Waals surface area (Å²) < 4.78 is 0. The van der Waals surface area contributed by atoms with Crippen LogP contribution in [0.3, 0.4) is 0 Å². The van der Waals surface area contributed by atoms with Gasteiger partial charge in [-0.2, -0.15) is 0 Å². The quantitative estimate of drug-likeness (QED) is 0.770. The molecule has 2 aliphatic rings. The smallest absolute Gasteiger partial charge is 0.0192 e. The normalized spacial score (nSPS) is 40.9. The molecule has 4 atom stereocenters. The SMILES string of the molecule is CC1CCC(NCC2CCCCN2)C(C)C1. The maximum Gasteiger partial charge on any atom is 0.0192 e. The standard InChI is InChI=1S/C14H28N2/c1-11-6-7-14(12(2)9-11)16-10-13-5-3-4-8-15-13/h11-16H,3-10H2,1-2H3. The summed E-state index contributed by atoms with van der Waals surface area (Å²) in [6.07, 6.45) is 8.36. The van der Waals surface area contributed by atoms with Crippen LogP contribution in [0.25, 0.3) is 0 Å². The first-order chi connectivity index (χ1) is 7.75. The van der Waals surface area contributed by atoms with Crippen LogP contribution >= 0.6 is 0 Å². The fourth-order valence-electron chi connectivity index (χ4n) is 3.36. The van der Waals surface area contributed by atoms with E-state index in [1.165, 1.54) is 51.6 Å². The summed E-state index contributed by atoms with van der Waals surface area (Å²) in [6, 6.07) is 1.51. The lowest BCUT2D eigenvalue weighted by Crippen LogP contribution is -2.47. The van der Waals surface area contributed by atoms with Crippen molar-refractivity contribution in [2.75, 3.05) is 13.1 Å². The van der Waals surface area contributed by atoms with Gasteiger partial charge in [0.25, 0.3) is 0 Å². The Labute approximate surface area is 101 Å². The fraction of sp³-hybridized carbons (Fsp3) is 1.00. The van der Waals surface area contributed by atoms with Gasteiger partial charge < -0.3 is 10.6 Å². The minimum Gasteiger partial charge on any atom is -0.313 e. The van der Waals surface area contributed by atoms with Gasteiger partial charge in [0, 0.05) is 18.6 Å². The van der Waals surface area contributed by atoms with Gasteiger partial charge in [-0.3, -0.25) is 0 Å². The Morgan fingerprint density at radius 1 is 1.12 bits per heavy atom. The van der Waals surface area contributed by atoms with Crippen molar-refractivity contribution in [2.24, 2.45) is 11.8 Å². The van der Waals surface area contributed by atoms with E-state index in [1.54, 1.807) is 0 Å². The Balaban J connectivity index is 1.68.